The first-order valence-electron chi connectivity index (χ1n) is 7.99. The monoisotopic (exact) mass is 331 g/mol. The minimum Gasteiger partial charge on any atom is -0.347 e. The average molecular weight is 331 g/mol. The molecule has 0 aliphatic carbocycles. The molecule has 1 amide bonds. The summed E-state index contributed by atoms with van der Waals surface area (Å²) in [6.45, 7) is 3.44. The zero-order chi connectivity index (χ0) is 17.4. The van der Waals surface area contributed by atoms with Gasteiger partial charge in [-0.05, 0) is 37.9 Å². The molecule has 0 spiro atoms. The van der Waals surface area contributed by atoms with E-state index in [9.17, 15) is 14.4 Å². The lowest BCUT2D eigenvalue weighted by Crippen LogP contribution is -2.46. The number of carbonyl (C=O) groups is 1. The second kappa shape index (κ2) is 6.20. The Labute approximate surface area is 138 Å². The highest BCUT2D eigenvalue weighted by atomic mass is 16.2. The molecule has 1 fully saturated rings. The molecule has 2 aromatic rings. The predicted octanol–water partition coefficient (Wildman–Crippen LogP) is -0.578. The second-order valence-electron chi connectivity index (χ2n) is 6.25. The Kier molecular flexibility index (Phi) is 4.23. The van der Waals surface area contributed by atoms with Crippen LogP contribution in [-0.4, -0.2) is 39.2 Å². The highest BCUT2D eigenvalue weighted by Gasteiger charge is 2.20. The third-order valence-electron chi connectivity index (χ3n) is 4.47. The molecule has 1 saturated heterocycles. The van der Waals surface area contributed by atoms with Crippen molar-refractivity contribution in [2.45, 2.75) is 25.8 Å². The molecule has 128 valence electrons. The van der Waals surface area contributed by atoms with Crippen LogP contribution in [0.3, 0.4) is 0 Å². The van der Waals surface area contributed by atoms with Gasteiger partial charge in [-0.25, -0.2) is 9.78 Å². The summed E-state index contributed by atoms with van der Waals surface area (Å²) in [6.07, 6.45) is 1.93. The number of hydrogen-bond acceptors (Lipinski definition) is 5. The summed E-state index contributed by atoms with van der Waals surface area (Å²) in [5, 5.41) is 6.55. The van der Waals surface area contributed by atoms with Crippen molar-refractivity contribution in [3.05, 3.63) is 38.2 Å². The number of nitrogens with zero attached hydrogens (tertiary/aromatic N) is 3. The van der Waals surface area contributed by atoms with Crippen molar-refractivity contribution >= 4 is 16.9 Å². The van der Waals surface area contributed by atoms with E-state index in [0.717, 1.165) is 30.5 Å². The van der Waals surface area contributed by atoms with Crippen molar-refractivity contribution in [2.75, 3.05) is 13.1 Å². The van der Waals surface area contributed by atoms with E-state index in [1.165, 1.54) is 11.6 Å². The van der Waals surface area contributed by atoms with Crippen LogP contribution in [-0.2, 0) is 14.1 Å². The van der Waals surface area contributed by atoms with E-state index >= 15 is 0 Å². The summed E-state index contributed by atoms with van der Waals surface area (Å²) in [5.41, 5.74) is 0.210. The Morgan fingerprint density at radius 1 is 1.33 bits per heavy atom. The van der Waals surface area contributed by atoms with E-state index in [1.54, 1.807) is 20.0 Å². The van der Waals surface area contributed by atoms with Crippen molar-refractivity contribution in [1.29, 1.82) is 0 Å². The molecule has 2 N–H and O–H groups in total. The van der Waals surface area contributed by atoms with Crippen LogP contribution in [0.4, 0.5) is 0 Å². The molecule has 3 rings (SSSR count). The molecule has 1 unspecified atom stereocenters. The summed E-state index contributed by atoms with van der Waals surface area (Å²) >= 11 is 0. The average Bonchev–Trinajstić information content (AvgIpc) is 2.58. The van der Waals surface area contributed by atoms with Crippen LogP contribution in [0.2, 0.25) is 0 Å². The Bertz CT molecular complexity index is 922. The molecule has 0 aromatic carbocycles. The number of carbonyl (C=O) groups excluding carboxylic acids is 1. The summed E-state index contributed by atoms with van der Waals surface area (Å²) in [5.74, 6) is -0.290. The molecule has 1 aliphatic heterocycles. The van der Waals surface area contributed by atoms with Gasteiger partial charge in [-0.15, -0.1) is 0 Å². The summed E-state index contributed by atoms with van der Waals surface area (Å²) in [6, 6.07) is 1.66. The largest absolute Gasteiger partial charge is 0.347 e. The molecule has 8 nitrogen and oxygen atoms in total. The van der Waals surface area contributed by atoms with Gasteiger partial charge in [0.1, 0.15) is 11.3 Å². The van der Waals surface area contributed by atoms with Gasteiger partial charge in [-0.2, -0.15) is 0 Å². The normalized spacial score (nSPS) is 17.9. The maximum absolute atomic E-state index is 12.5. The third kappa shape index (κ3) is 2.73. The topological polar surface area (TPSA) is 98.0 Å². The molecule has 0 saturated carbocycles. The lowest BCUT2D eigenvalue weighted by atomic mass is 10.1. The number of nitrogens with one attached hydrogen (secondary N) is 2. The molecular weight excluding hydrogens is 310 g/mol. The summed E-state index contributed by atoms with van der Waals surface area (Å²) < 4.78 is 2.34. The number of aromatic nitrogens is 3. The molecule has 1 aliphatic rings. The van der Waals surface area contributed by atoms with Gasteiger partial charge < -0.3 is 10.6 Å². The van der Waals surface area contributed by atoms with Gasteiger partial charge in [0, 0.05) is 26.7 Å². The van der Waals surface area contributed by atoms with Crippen LogP contribution in [0.15, 0.2) is 15.7 Å². The van der Waals surface area contributed by atoms with Gasteiger partial charge in [-0.1, -0.05) is 0 Å². The summed E-state index contributed by atoms with van der Waals surface area (Å²) in [7, 11) is 2.98. The standard InChI is InChI=1S/C16H21N5O3/c1-9-7-11(14(22)18-10-5-4-6-17-8-10)19-13-12(9)15(23)21(3)16(24)20(13)2/h7,10,17H,4-6,8H2,1-3H3,(H,18,22). The molecule has 24 heavy (non-hydrogen) atoms. The van der Waals surface area contributed by atoms with E-state index in [0.29, 0.717) is 10.9 Å². The first-order valence-corrected chi connectivity index (χ1v) is 7.99. The van der Waals surface area contributed by atoms with Gasteiger partial charge in [0.05, 0.1) is 5.39 Å². The molecule has 8 heteroatoms. The molecular formula is C16H21N5O3. The van der Waals surface area contributed by atoms with Crippen LogP contribution in [0.1, 0.15) is 28.9 Å². The van der Waals surface area contributed by atoms with Crippen LogP contribution < -0.4 is 21.9 Å². The number of amides is 1. The van der Waals surface area contributed by atoms with Gasteiger partial charge in [0.25, 0.3) is 11.5 Å². The zero-order valence-electron chi connectivity index (χ0n) is 14.0. The Morgan fingerprint density at radius 2 is 2.08 bits per heavy atom. The lowest BCUT2D eigenvalue weighted by Gasteiger charge is -2.23. The Hall–Kier alpha value is -2.48. The molecule has 0 bridgehead atoms. The Balaban J connectivity index is 2.06. The number of rotatable bonds is 2. The van der Waals surface area contributed by atoms with E-state index in [1.807, 2.05) is 0 Å². The van der Waals surface area contributed by atoms with E-state index in [2.05, 4.69) is 15.6 Å². The fourth-order valence-electron chi connectivity index (χ4n) is 3.08. The quantitative estimate of drug-likeness (QED) is 0.767. The van der Waals surface area contributed by atoms with Crippen LogP contribution in [0, 0.1) is 6.92 Å². The highest BCUT2D eigenvalue weighted by molar-refractivity contribution is 5.95. The number of hydrogen-bond donors (Lipinski definition) is 2. The van der Waals surface area contributed by atoms with Gasteiger partial charge in [0.2, 0.25) is 0 Å². The van der Waals surface area contributed by atoms with Crippen molar-refractivity contribution in [1.82, 2.24) is 24.8 Å². The van der Waals surface area contributed by atoms with Crippen molar-refractivity contribution in [2.24, 2.45) is 14.1 Å². The SMILES string of the molecule is Cc1cc(C(=O)NC2CCCNC2)nc2c1c(=O)n(C)c(=O)n2C. The summed E-state index contributed by atoms with van der Waals surface area (Å²) in [4.78, 5) is 41.2. The predicted molar refractivity (Wildman–Crippen MR) is 90.3 cm³/mol. The molecule has 3 heterocycles. The minimum absolute atomic E-state index is 0.0662. The zero-order valence-corrected chi connectivity index (χ0v) is 14.0. The van der Waals surface area contributed by atoms with Gasteiger partial charge in [0.15, 0.2) is 0 Å². The van der Waals surface area contributed by atoms with Crippen LogP contribution in [0.5, 0.6) is 0 Å². The first kappa shape index (κ1) is 16.4. The van der Waals surface area contributed by atoms with E-state index in [-0.39, 0.29) is 23.3 Å². The molecule has 1 atom stereocenters. The second-order valence-corrected chi connectivity index (χ2v) is 6.25. The fraction of sp³-hybridized carbons (Fsp3) is 0.500. The third-order valence-corrected chi connectivity index (χ3v) is 4.47. The van der Waals surface area contributed by atoms with Crippen LogP contribution in [0.25, 0.3) is 11.0 Å². The van der Waals surface area contributed by atoms with Crippen LogP contribution >= 0.6 is 0 Å². The maximum atomic E-state index is 12.5. The Morgan fingerprint density at radius 3 is 2.75 bits per heavy atom. The fourth-order valence-corrected chi connectivity index (χ4v) is 3.08. The minimum atomic E-state index is -0.464. The van der Waals surface area contributed by atoms with Crippen molar-refractivity contribution < 1.29 is 4.79 Å². The van der Waals surface area contributed by atoms with Gasteiger partial charge in [-0.3, -0.25) is 18.7 Å². The molecule has 2 aromatic heterocycles. The number of fused-ring (bicyclic) bond motifs is 1. The maximum Gasteiger partial charge on any atom is 0.332 e. The highest BCUT2D eigenvalue weighted by Crippen LogP contribution is 2.13. The van der Waals surface area contributed by atoms with E-state index < -0.39 is 11.2 Å². The van der Waals surface area contributed by atoms with Crippen molar-refractivity contribution in [3.63, 3.8) is 0 Å². The first-order chi connectivity index (χ1) is 11.4. The number of piperidine rings is 1. The van der Waals surface area contributed by atoms with Gasteiger partial charge >= 0.3 is 5.69 Å². The number of aryl methyl sites for hydroxylation is 2. The smallest absolute Gasteiger partial charge is 0.332 e. The number of pyridine rings is 1. The molecule has 0 radical (unpaired) electrons. The van der Waals surface area contributed by atoms with E-state index in [4.69, 9.17) is 0 Å². The van der Waals surface area contributed by atoms with Crippen molar-refractivity contribution in [3.8, 4) is 0 Å². The lowest BCUT2D eigenvalue weighted by molar-refractivity contribution is 0.0926.